The number of hydrogen-bond donors (Lipinski definition) is 3. The molecule has 0 saturated heterocycles. The molecule has 10 heteroatoms. The average molecular weight is 485 g/mol. The van der Waals surface area contributed by atoms with Gasteiger partial charge in [0.1, 0.15) is 17.3 Å². The summed E-state index contributed by atoms with van der Waals surface area (Å²) in [4.78, 5) is 34.4. The van der Waals surface area contributed by atoms with Gasteiger partial charge >= 0.3 is 12.1 Å². The summed E-state index contributed by atoms with van der Waals surface area (Å²) in [6.45, 7) is 6.57. The molecular weight excluding hydrogens is 454 g/mol. The number of amides is 4. The topological polar surface area (TPSA) is 99.2 Å². The molecular formula is C25H30F2N6O2. The highest BCUT2D eigenvalue weighted by Crippen LogP contribution is 2.32. The number of hydrogen-bond acceptors (Lipinski definition) is 4. The van der Waals surface area contributed by atoms with Crippen molar-refractivity contribution in [1.82, 2.24) is 20.2 Å². The Morgan fingerprint density at radius 2 is 1.77 bits per heavy atom. The average Bonchev–Trinajstić information content (AvgIpc) is 2.74. The number of benzene rings is 1. The third kappa shape index (κ3) is 6.62. The molecule has 3 N–H and O–H groups in total. The van der Waals surface area contributed by atoms with E-state index in [1.165, 1.54) is 24.8 Å². The van der Waals surface area contributed by atoms with Crippen molar-refractivity contribution in [2.75, 3.05) is 31.3 Å². The summed E-state index contributed by atoms with van der Waals surface area (Å²) in [6, 6.07) is 5.55. The molecule has 186 valence electrons. The lowest BCUT2D eigenvalue weighted by Gasteiger charge is -2.16. The maximum absolute atomic E-state index is 14.6. The number of fused-ring (bicyclic) bond motifs is 1. The number of rotatable bonds is 6. The number of alkyl halides is 1. The van der Waals surface area contributed by atoms with Crippen molar-refractivity contribution < 1.29 is 18.4 Å². The Hall–Kier alpha value is -3.82. The van der Waals surface area contributed by atoms with Crippen molar-refractivity contribution in [3.63, 3.8) is 0 Å². The molecule has 4 amide bonds. The minimum atomic E-state index is -1.41. The summed E-state index contributed by atoms with van der Waals surface area (Å²) in [6.07, 6.45) is 1.74. The Bertz CT molecular complexity index is 1270. The molecule has 2 aromatic heterocycles. The first-order valence-corrected chi connectivity index (χ1v) is 11.1. The molecule has 0 unspecified atom stereocenters. The number of aryl methyl sites for hydroxylation is 2. The number of urea groups is 2. The maximum atomic E-state index is 14.6. The molecule has 3 aromatic rings. The first kappa shape index (κ1) is 25.8. The van der Waals surface area contributed by atoms with Crippen LogP contribution in [0, 0.1) is 19.7 Å². The van der Waals surface area contributed by atoms with Gasteiger partial charge in [0.25, 0.3) is 0 Å². The van der Waals surface area contributed by atoms with Crippen LogP contribution >= 0.6 is 0 Å². The van der Waals surface area contributed by atoms with Crippen LogP contribution in [0.25, 0.3) is 22.0 Å². The highest BCUT2D eigenvalue weighted by Gasteiger charge is 2.17. The van der Waals surface area contributed by atoms with Crippen LogP contribution in [-0.4, -0.2) is 53.2 Å². The van der Waals surface area contributed by atoms with Gasteiger partial charge in [-0.3, -0.25) is 10.3 Å². The predicted octanol–water partition coefficient (Wildman–Crippen LogP) is 5.41. The second kappa shape index (κ2) is 10.2. The summed E-state index contributed by atoms with van der Waals surface area (Å²) in [5.74, 6) is -0.205. The van der Waals surface area contributed by atoms with Gasteiger partial charge in [-0.1, -0.05) is 0 Å². The van der Waals surface area contributed by atoms with Gasteiger partial charge in [0, 0.05) is 49.5 Å². The van der Waals surface area contributed by atoms with Gasteiger partial charge in [0.05, 0.1) is 11.2 Å². The van der Waals surface area contributed by atoms with E-state index in [9.17, 15) is 18.4 Å². The molecule has 1 aromatic carbocycles. The number of nitrogens with one attached hydrogen (secondary N) is 3. The molecule has 0 fully saturated rings. The minimum absolute atomic E-state index is 0.00183. The molecule has 0 saturated carbocycles. The molecule has 0 aliphatic carbocycles. The van der Waals surface area contributed by atoms with Crippen LogP contribution in [0.1, 0.15) is 31.5 Å². The van der Waals surface area contributed by atoms with Crippen molar-refractivity contribution >= 4 is 34.5 Å². The van der Waals surface area contributed by atoms with Crippen LogP contribution < -0.4 is 16.0 Å². The summed E-state index contributed by atoms with van der Waals surface area (Å²) >= 11 is 0. The van der Waals surface area contributed by atoms with Crippen LogP contribution in [0.4, 0.5) is 29.9 Å². The van der Waals surface area contributed by atoms with Crippen LogP contribution in [0.3, 0.4) is 0 Å². The van der Waals surface area contributed by atoms with Crippen LogP contribution in [0.15, 0.2) is 30.5 Å². The van der Waals surface area contributed by atoms with Gasteiger partial charge in [-0.2, -0.15) is 0 Å². The molecule has 35 heavy (non-hydrogen) atoms. The van der Waals surface area contributed by atoms with Crippen molar-refractivity contribution in [2.45, 2.75) is 39.8 Å². The van der Waals surface area contributed by atoms with E-state index in [4.69, 9.17) is 0 Å². The zero-order valence-corrected chi connectivity index (χ0v) is 20.7. The fourth-order valence-corrected chi connectivity index (χ4v) is 3.43. The first-order chi connectivity index (χ1) is 16.3. The second-order valence-electron chi connectivity index (χ2n) is 9.20. The van der Waals surface area contributed by atoms with Crippen molar-refractivity contribution in [1.29, 1.82) is 0 Å². The first-order valence-electron chi connectivity index (χ1n) is 11.1. The van der Waals surface area contributed by atoms with E-state index in [0.29, 0.717) is 28.2 Å². The van der Waals surface area contributed by atoms with Crippen LogP contribution in [0.5, 0.6) is 0 Å². The van der Waals surface area contributed by atoms with E-state index >= 15 is 0 Å². The van der Waals surface area contributed by atoms with Crippen LogP contribution in [0.2, 0.25) is 0 Å². The molecule has 0 radical (unpaired) electrons. The lowest BCUT2D eigenvalue weighted by atomic mass is 9.97. The molecule has 3 rings (SSSR count). The third-order valence-electron chi connectivity index (χ3n) is 5.39. The van der Waals surface area contributed by atoms with Gasteiger partial charge in [0.2, 0.25) is 0 Å². The predicted molar refractivity (Wildman–Crippen MR) is 134 cm³/mol. The minimum Gasteiger partial charge on any atom is -0.338 e. The number of carbonyl (C=O) groups excluding carboxylic acids is 2. The number of nitrogens with zero attached hydrogens (tertiary/aromatic N) is 3. The van der Waals surface area contributed by atoms with Gasteiger partial charge in [-0.25, -0.2) is 23.4 Å². The van der Waals surface area contributed by atoms with Crippen LogP contribution in [-0.2, 0) is 0 Å². The lowest BCUT2D eigenvalue weighted by molar-refractivity contribution is 0.200. The molecule has 0 aliphatic rings. The quantitative estimate of drug-likeness (QED) is 0.436. The Morgan fingerprint density at radius 1 is 1.06 bits per heavy atom. The Kier molecular flexibility index (Phi) is 7.52. The van der Waals surface area contributed by atoms with E-state index < -0.39 is 17.5 Å². The van der Waals surface area contributed by atoms with E-state index in [2.05, 4.69) is 25.9 Å². The summed E-state index contributed by atoms with van der Waals surface area (Å²) in [5, 5.41) is 8.47. The Balaban J connectivity index is 1.88. The molecule has 2 heterocycles. The van der Waals surface area contributed by atoms with Crippen molar-refractivity contribution in [2.24, 2.45) is 0 Å². The number of carbonyl (C=O) groups is 2. The molecule has 0 spiro atoms. The monoisotopic (exact) mass is 484 g/mol. The number of pyridine rings is 2. The molecule has 8 nitrogen and oxygen atoms in total. The fourth-order valence-electron chi connectivity index (χ4n) is 3.43. The smallest absolute Gasteiger partial charge is 0.322 e. The Labute approximate surface area is 203 Å². The SMILES string of the molecule is Cc1cc(F)c(NC(=O)NCCC(C)(C)F)cc1-c1cc2cnc(NC(=O)N(C)C)cc2nc1C. The van der Waals surface area contributed by atoms with E-state index in [1.54, 1.807) is 39.3 Å². The number of halogens is 2. The van der Waals surface area contributed by atoms with E-state index in [1.807, 2.05) is 13.0 Å². The second-order valence-corrected chi connectivity index (χ2v) is 9.20. The maximum Gasteiger partial charge on any atom is 0.322 e. The lowest BCUT2D eigenvalue weighted by Crippen LogP contribution is -2.32. The van der Waals surface area contributed by atoms with Gasteiger partial charge in [-0.15, -0.1) is 0 Å². The number of anilines is 2. The van der Waals surface area contributed by atoms with Gasteiger partial charge in [-0.05, 0) is 63.4 Å². The highest BCUT2D eigenvalue weighted by atomic mass is 19.1. The largest absolute Gasteiger partial charge is 0.338 e. The number of aromatic nitrogens is 2. The standard InChI is InChI=1S/C25H30F2N6O2/c1-14-9-19(26)21(31-23(34)28-8-7-25(3,4)27)11-17(14)18-10-16-13-29-22(32-24(35)33(5)6)12-20(16)30-15(18)2/h9-13H,7-8H2,1-6H3,(H2,28,31,34)(H,29,32,35). The highest BCUT2D eigenvalue weighted by molar-refractivity contribution is 5.93. The van der Waals surface area contributed by atoms with Crippen molar-refractivity contribution in [3.8, 4) is 11.1 Å². The summed E-state index contributed by atoms with van der Waals surface area (Å²) in [7, 11) is 3.27. The Morgan fingerprint density at radius 3 is 2.43 bits per heavy atom. The van der Waals surface area contributed by atoms with E-state index in [-0.39, 0.29) is 24.7 Å². The molecule has 0 bridgehead atoms. The zero-order valence-electron chi connectivity index (χ0n) is 20.7. The van der Waals surface area contributed by atoms with Gasteiger partial charge < -0.3 is 15.5 Å². The summed E-state index contributed by atoms with van der Waals surface area (Å²) in [5.41, 5.74) is 2.03. The molecule has 0 aliphatic heterocycles. The normalized spacial score (nSPS) is 11.3. The zero-order chi connectivity index (χ0) is 25.9. The van der Waals surface area contributed by atoms with Gasteiger partial charge in [0.15, 0.2) is 0 Å². The third-order valence-corrected chi connectivity index (χ3v) is 5.39. The fraction of sp³-hybridized carbons (Fsp3) is 0.360. The summed E-state index contributed by atoms with van der Waals surface area (Å²) < 4.78 is 28.2. The molecule has 0 atom stereocenters. The van der Waals surface area contributed by atoms with Crippen molar-refractivity contribution in [3.05, 3.63) is 47.5 Å². The van der Waals surface area contributed by atoms with E-state index in [0.717, 1.165) is 10.9 Å².